The number of nitrogens with two attached hydrogens (primary N) is 1. The number of pyridine rings is 1. The SMILES string of the molecule is CC(N)c1ccnc(Oc2cccc(C#N)c2)c1. The summed E-state index contributed by atoms with van der Waals surface area (Å²) >= 11 is 0. The molecule has 0 aliphatic rings. The fraction of sp³-hybridized carbons (Fsp3) is 0.143. The largest absolute Gasteiger partial charge is 0.439 e. The van der Waals surface area contributed by atoms with Crippen LogP contribution in [-0.4, -0.2) is 4.98 Å². The zero-order chi connectivity index (χ0) is 13.0. The van der Waals surface area contributed by atoms with E-state index in [1.807, 2.05) is 13.0 Å². The molecule has 1 unspecified atom stereocenters. The number of nitrogens with zero attached hydrogens (tertiary/aromatic N) is 2. The van der Waals surface area contributed by atoms with Crippen molar-refractivity contribution in [3.63, 3.8) is 0 Å². The summed E-state index contributed by atoms with van der Waals surface area (Å²) in [5, 5.41) is 8.81. The number of rotatable bonds is 3. The number of aromatic nitrogens is 1. The summed E-state index contributed by atoms with van der Waals surface area (Å²) in [5.41, 5.74) is 7.30. The Morgan fingerprint density at radius 1 is 1.33 bits per heavy atom. The van der Waals surface area contributed by atoms with Crippen LogP contribution in [0.25, 0.3) is 0 Å². The molecule has 2 aromatic rings. The first-order valence-corrected chi connectivity index (χ1v) is 5.58. The molecule has 1 heterocycles. The Labute approximate surface area is 106 Å². The van der Waals surface area contributed by atoms with Gasteiger partial charge in [0.1, 0.15) is 5.75 Å². The molecule has 1 aromatic carbocycles. The lowest BCUT2D eigenvalue weighted by Crippen LogP contribution is -2.05. The predicted octanol–water partition coefficient (Wildman–Crippen LogP) is 2.77. The Morgan fingerprint density at radius 3 is 2.89 bits per heavy atom. The molecule has 4 nitrogen and oxygen atoms in total. The van der Waals surface area contributed by atoms with E-state index in [4.69, 9.17) is 15.7 Å². The second kappa shape index (κ2) is 5.30. The van der Waals surface area contributed by atoms with Crippen LogP contribution < -0.4 is 10.5 Å². The van der Waals surface area contributed by atoms with E-state index in [0.29, 0.717) is 17.2 Å². The molecular weight excluding hydrogens is 226 g/mol. The van der Waals surface area contributed by atoms with Crippen molar-refractivity contribution in [2.45, 2.75) is 13.0 Å². The normalized spacial score (nSPS) is 11.6. The highest BCUT2D eigenvalue weighted by Gasteiger charge is 2.04. The van der Waals surface area contributed by atoms with E-state index >= 15 is 0 Å². The maximum Gasteiger partial charge on any atom is 0.219 e. The van der Waals surface area contributed by atoms with Crippen LogP contribution in [0.4, 0.5) is 0 Å². The van der Waals surface area contributed by atoms with Crippen molar-refractivity contribution >= 4 is 0 Å². The lowest BCUT2D eigenvalue weighted by atomic mass is 10.1. The molecule has 0 aliphatic heterocycles. The quantitative estimate of drug-likeness (QED) is 0.893. The first-order valence-electron chi connectivity index (χ1n) is 5.58. The zero-order valence-corrected chi connectivity index (χ0v) is 10.00. The standard InChI is InChI=1S/C14H13N3O/c1-10(16)12-5-6-17-14(8-12)18-13-4-2-3-11(7-13)9-15/h2-8,10H,16H2,1H3. The smallest absolute Gasteiger partial charge is 0.219 e. The van der Waals surface area contributed by atoms with Gasteiger partial charge in [0, 0.05) is 18.3 Å². The van der Waals surface area contributed by atoms with Crippen LogP contribution >= 0.6 is 0 Å². The summed E-state index contributed by atoms with van der Waals surface area (Å²) in [5.74, 6) is 1.06. The fourth-order valence-corrected chi connectivity index (χ4v) is 1.51. The Bertz CT molecular complexity index is 588. The molecule has 18 heavy (non-hydrogen) atoms. The van der Waals surface area contributed by atoms with Gasteiger partial charge in [-0.1, -0.05) is 6.07 Å². The minimum absolute atomic E-state index is 0.0687. The van der Waals surface area contributed by atoms with Gasteiger partial charge in [0.05, 0.1) is 11.6 Å². The molecule has 2 N–H and O–H groups in total. The molecule has 1 aromatic heterocycles. The molecule has 1 atom stereocenters. The summed E-state index contributed by atoms with van der Waals surface area (Å²) in [6, 6.07) is 12.6. The lowest BCUT2D eigenvalue weighted by molar-refractivity contribution is 0.461. The van der Waals surface area contributed by atoms with Crippen LogP contribution in [0.15, 0.2) is 42.6 Å². The van der Waals surface area contributed by atoms with Crippen molar-refractivity contribution in [3.05, 3.63) is 53.7 Å². The highest BCUT2D eigenvalue weighted by Crippen LogP contribution is 2.22. The Morgan fingerprint density at radius 2 is 2.17 bits per heavy atom. The van der Waals surface area contributed by atoms with Crippen LogP contribution in [0.2, 0.25) is 0 Å². The van der Waals surface area contributed by atoms with E-state index in [2.05, 4.69) is 11.1 Å². The van der Waals surface area contributed by atoms with Gasteiger partial charge >= 0.3 is 0 Å². The molecule has 0 bridgehead atoms. The minimum Gasteiger partial charge on any atom is -0.439 e. The number of benzene rings is 1. The van der Waals surface area contributed by atoms with Crippen LogP contribution in [-0.2, 0) is 0 Å². The molecular formula is C14H13N3O. The van der Waals surface area contributed by atoms with Gasteiger partial charge in [-0.15, -0.1) is 0 Å². The molecule has 0 saturated carbocycles. The first-order chi connectivity index (χ1) is 8.69. The van der Waals surface area contributed by atoms with Gasteiger partial charge in [-0.25, -0.2) is 4.98 Å². The molecule has 0 aliphatic carbocycles. The molecule has 0 spiro atoms. The molecule has 2 rings (SSSR count). The topological polar surface area (TPSA) is 71.9 Å². The summed E-state index contributed by atoms with van der Waals surface area (Å²) in [6.07, 6.45) is 1.65. The molecule has 90 valence electrons. The van der Waals surface area contributed by atoms with Crippen molar-refractivity contribution in [2.24, 2.45) is 5.73 Å². The Kier molecular flexibility index (Phi) is 3.56. The van der Waals surface area contributed by atoms with Crippen LogP contribution in [0.3, 0.4) is 0 Å². The van der Waals surface area contributed by atoms with Crippen molar-refractivity contribution in [1.82, 2.24) is 4.98 Å². The number of hydrogen-bond acceptors (Lipinski definition) is 4. The second-order valence-corrected chi connectivity index (χ2v) is 3.96. The lowest BCUT2D eigenvalue weighted by Gasteiger charge is -2.08. The van der Waals surface area contributed by atoms with E-state index in [9.17, 15) is 0 Å². The van der Waals surface area contributed by atoms with Gasteiger partial charge < -0.3 is 10.5 Å². The van der Waals surface area contributed by atoms with Gasteiger partial charge in [0.15, 0.2) is 0 Å². The fourth-order valence-electron chi connectivity index (χ4n) is 1.51. The summed E-state index contributed by atoms with van der Waals surface area (Å²) in [7, 11) is 0. The van der Waals surface area contributed by atoms with Crippen molar-refractivity contribution < 1.29 is 4.74 Å². The van der Waals surface area contributed by atoms with Gasteiger partial charge in [0.2, 0.25) is 5.88 Å². The highest BCUT2D eigenvalue weighted by atomic mass is 16.5. The van der Waals surface area contributed by atoms with E-state index in [-0.39, 0.29) is 6.04 Å². The van der Waals surface area contributed by atoms with Crippen LogP contribution in [0.5, 0.6) is 11.6 Å². The van der Waals surface area contributed by atoms with Crippen molar-refractivity contribution in [3.8, 4) is 17.7 Å². The molecule has 0 radical (unpaired) electrons. The van der Waals surface area contributed by atoms with Crippen molar-refractivity contribution in [2.75, 3.05) is 0 Å². The summed E-state index contributed by atoms with van der Waals surface area (Å²) in [4.78, 5) is 4.11. The van der Waals surface area contributed by atoms with E-state index < -0.39 is 0 Å². The van der Waals surface area contributed by atoms with Gasteiger partial charge in [-0.3, -0.25) is 0 Å². The minimum atomic E-state index is -0.0687. The highest BCUT2D eigenvalue weighted by molar-refractivity contribution is 5.38. The Hall–Kier alpha value is -2.38. The maximum atomic E-state index is 8.81. The third-order valence-electron chi connectivity index (χ3n) is 2.47. The summed E-state index contributed by atoms with van der Waals surface area (Å²) < 4.78 is 5.59. The second-order valence-electron chi connectivity index (χ2n) is 3.96. The van der Waals surface area contributed by atoms with Gasteiger partial charge in [-0.2, -0.15) is 5.26 Å². The average molecular weight is 239 g/mol. The predicted molar refractivity (Wildman–Crippen MR) is 68.1 cm³/mol. The third-order valence-corrected chi connectivity index (χ3v) is 2.47. The summed E-state index contributed by atoms with van der Waals surface area (Å²) in [6.45, 7) is 1.90. The van der Waals surface area contributed by atoms with Crippen LogP contribution in [0, 0.1) is 11.3 Å². The zero-order valence-electron chi connectivity index (χ0n) is 10.00. The van der Waals surface area contributed by atoms with E-state index in [1.165, 1.54) is 0 Å². The molecule has 0 fully saturated rings. The van der Waals surface area contributed by atoms with Gasteiger partial charge in [-0.05, 0) is 36.8 Å². The van der Waals surface area contributed by atoms with E-state index in [1.54, 1.807) is 36.5 Å². The van der Waals surface area contributed by atoms with E-state index in [0.717, 1.165) is 5.56 Å². The number of nitriles is 1. The maximum absolute atomic E-state index is 8.81. The monoisotopic (exact) mass is 239 g/mol. The third kappa shape index (κ3) is 2.84. The number of ether oxygens (including phenoxy) is 1. The average Bonchev–Trinajstić information content (AvgIpc) is 2.39. The number of hydrogen-bond donors (Lipinski definition) is 1. The molecule has 0 saturated heterocycles. The van der Waals surface area contributed by atoms with Crippen LogP contribution in [0.1, 0.15) is 24.1 Å². The molecule has 4 heteroatoms. The first kappa shape index (κ1) is 12.1. The van der Waals surface area contributed by atoms with Gasteiger partial charge in [0.25, 0.3) is 0 Å². The Balaban J connectivity index is 2.23. The molecule has 0 amide bonds. The van der Waals surface area contributed by atoms with Crippen molar-refractivity contribution in [1.29, 1.82) is 5.26 Å².